The van der Waals surface area contributed by atoms with Crippen LogP contribution in [0.2, 0.25) is 0 Å². The van der Waals surface area contributed by atoms with Gasteiger partial charge in [0.25, 0.3) is 0 Å². The molecule has 1 rings (SSSR count). The lowest BCUT2D eigenvalue weighted by Gasteiger charge is -2.08. The number of unbranched alkanes of at least 4 members (excludes halogenated alkanes) is 50. The lowest BCUT2D eigenvalue weighted by atomic mass is 10.0. The van der Waals surface area contributed by atoms with Crippen molar-refractivity contribution in [2.75, 3.05) is 0 Å². The molecule has 0 saturated heterocycles. The first kappa shape index (κ1) is 60.2. The second kappa shape index (κ2) is 52.1. The summed E-state index contributed by atoms with van der Waals surface area (Å²) in [6, 6.07) is 4.48. The summed E-state index contributed by atoms with van der Waals surface area (Å²) in [5.41, 5.74) is 3.74. The van der Waals surface area contributed by atoms with Crippen molar-refractivity contribution in [2.45, 2.75) is 361 Å². The van der Waals surface area contributed by atoms with Gasteiger partial charge in [0.15, 0.2) is 0 Å². The molecular formula is C62H118N. The Morgan fingerprint density at radius 1 is 0.238 bits per heavy atom. The fourth-order valence-corrected chi connectivity index (χ4v) is 10.2. The van der Waals surface area contributed by atoms with Crippen LogP contribution in [-0.2, 0) is 12.8 Å². The molecule has 371 valence electrons. The van der Waals surface area contributed by atoms with Crippen LogP contribution in [0.5, 0.6) is 0 Å². The summed E-state index contributed by atoms with van der Waals surface area (Å²) in [4.78, 5) is 5.06. The Morgan fingerprint density at radius 2 is 0.381 bits per heavy atom. The van der Waals surface area contributed by atoms with Gasteiger partial charge < -0.3 is 0 Å². The predicted octanol–water partition coefficient (Wildman–Crippen LogP) is 22.7. The first-order chi connectivity index (χ1) is 31.3. The van der Waals surface area contributed by atoms with E-state index in [2.05, 4.69) is 32.9 Å². The van der Waals surface area contributed by atoms with Gasteiger partial charge in [-0.15, -0.1) is 0 Å². The Labute approximate surface area is 399 Å². The molecule has 1 nitrogen and oxygen atoms in total. The van der Waals surface area contributed by atoms with Crippen molar-refractivity contribution in [1.29, 1.82) is 0 Å². The van der Waals surface area contributed by atoms with Gasteiger partial charge >= 0.3 is 0 Å². The topological polar surface area (TPSA) is 12.9 Å². The molecule has 1 aromatic rings. The summed E-state index contributed by atoms with van der Waals surface area (Å²) in [5, 5.41) is 0. The Morgan fingerprint density at radius 3 is 0.540 bits per heavy atom. The minimum Gasteiger partial charge on any atom is -0.258 e. The molecule has 0 amide bonds. The second-order valence-electron chi connectivity index (χ2n) is 21.1. The van der Waals surface area contributed by atoms with Crippen LogP contribution < -0.4 is 0 Å². The van der Waals surface area contributed by atoms with Crippen LogP contribution in [0.4, 0.5) is 0 Å². The lowest BCUT2D eigenvalue weighted by molar-refractivity contribution is 0.515. The Kier molecular flexibility index (Phi) is 49.8. The van der Waals surface area contributed by atoms with E-state index in [4.69, 9.17) is 4.98 Å². The van der Waals surface area contributed by atoms with Gasteiger partial charge in [-0.2, -0.15) is 0 Å². The van der Waals surface area contributed by atoms with Crippen LogP contribution in [0.15, 0.2) is 12.1 Å². The van der Waals surface area contributed by atoms with Gasteiger partial charge in [-0.05, 0) is 50.3 Å². The van der Waals surface area contributed by atoms with Crippen LogP contribution in [0, 0.1) is 6.92 Å². The van der Waals surface area contributed by atoms with Crippen LogP contribution in [0.25, 0.3) is 0 Å². The maximum atomic E-state index is 5.06. The zero-order chi connectivity index (χ0) is 45.0. The number of aromatic nitrogens is 1. The number of nitrogens with zero attached hydrogens (tertiary/aromatic N) is 1. The quantitative estimate of drug-likeness (QED) is 0.0594. The largest absolute Gasteiger partial charge is 0.258 e. The number of aryl methyl sites for hydroxylation is 2. The lowest BCUT2D eigenvalue weighted by Crippen LogP contribution is -1.98. The molecule has 1 heterocycles. The van der Waals surface area contributed by atoms with Crippen molar-refractivity contribution in [2.24, 2.45) is 0 Å². The number of hydrogen-bond donors (Lipinski definition) is 0. The van der Waals surface area contributed by atoms with Crippen molar-refractivity contribution in [3.05, 3.63) is 36.0 Å². The van der Waals surface area contributed by atoms with Crippen molar-refractivity contribution in [3.8, 4) is 0 Å². The highest BCUT2D eigenvalue weighted by molar-refractivity contribution is 5.24. The average Bonchev–Trinajstić information content (AvgIpc) is 3.28. The van der Waals surface area contributed by atoms with Crippen LogP contribution in [-0.4, -0.2) is 4.98 Å². The minimum absolute atomic E-state index is 1.13. The van der Waals surface area contributed by atoms with Gasteiger partial charge in [0.1, 0.15) is 0 Å². The van der Waals surface area contributed by atoms with E-state index in [-0.39, 0.29) is 0 Å². The molecule has 1 aromatic heterocycles. The molecule has 63 heavy (non-hydrogen) atoms. The summed E-state index contributed by atoms with van der Waals surface area (Å²) in [6.07, 6.45) is 77.8. The molecule has 0 unspecified atom stereocenters. The molecular weight excluding hydrogens is 759 g/mol. The highest BCUT2D eigenvalue weighted by Gasteiger charge is 2.04. The van der Waals surface area contributed by atoms with Crippen molar-refractivity contribution in [3.63, 3.8) is 0 Å². The van der Waals surface area contributed by atoms with Gasteiger partial charge in [-0.25, -0.2) is 0 Å². The third-order valence-electron chi connectivity index (χ3n) is 14.6. The zero-order valence-corrected chi connectivity index (χ0v) is 44.0. The smallest absolute Gasteiger partial charge is 0.0409 e. The average molecular weight is 878 g/mol. The summed E-state index contributed by atoms with van der Waals surface area (Å²) >= 11 is 0. The first-order valence-electron chi connectivity index (χ1n) is 30.1. The molecule has 0 spiro atoms. The van der Waals surface area contributed by atoms with Gasteiger partial charge in [0, 0.05) is 11.4 Å². The molecule has 0 saturated carbocycles. The molecule has 0 bridgehead atoms. The monoisotopic (exact) mass is 877 g/mol. The Hall–Kier alpha value is -0.850. The molecule has 0 atom stereocenters. The fourth-order valence-electron chi connectivity index (χ4n) is 10.2. The SMILES string of the molecule is [CH2]c1cc(CCCCCCCCCCCCCCCCCCCCCCCCCCCC)nc(CCCCCCCCCCCCCCCCCCCCCCCCCCCC)c1. The normalized spacial score (nSPS) is 11.7. The van der Waals surface area contributed by atoms with E-state index in [0.29, 0.717) is 0 Å². The minimum atomic E-state index is 1.13. The van der Waals surface area contributed by atoms with E-state index in [1.165, 1.54) is 351 Å². The van der Waals surface area contributed by atoms with Crippen molar-refractivity contribution >= 4 is 0 Å². The highest BCUT2D eigenvalue weighted by Crippen LogP contribution is 2.19. The van der Waals surface area contributed by atoms with E-state index in [0.717, 1.165) is 12.8 Å². The third-order valence-corrected chi connectivity index (χ3v) is 14.6. The van der Waals surface area contributed by atoms with Gasteiger partial charge in [-0.1, -0.05) is 335 Å². The molecule has 0 aliphatic carbocycles. The second-order valence-corrected chi connectivity index (χ2v) is 21.1. The van der Waals surface area contributed by atoms with Crippen molar-refractivity contribution < 1.29 is 0 Å². The van der Waals surface area contributed by atoms with E-state index >= 15 is 0 Å². The zero-order valence-electron chi connectivity index (χ0n) is 44.0. The van der Waals surface area contributed by atoms with Crippen molar-refractivity contribution in [1.82, 2.24) is 4.98 Å². The summed E-state index contributed by atoms with van der Waals surface area (Å²) in [7, 11) is 0. The maximum absolute atomic E-state index is 5.06. The van der Waals surface area contributed by atoms with Gasteiger partial charge in [0.05, 0.1) is 0 Å². The summed E-state index contributed by atoms with van der Waals surface area (Å²) in [5.74, 6) is 0. The van der Waals surface area contributed by atoms with E-state index < -0.39 is 0 Å². The molecule has 0 N–H and O–H groups in total. The number of pyridine rings is 1. The van der Waals surface area contributed by atoms with Gasteiger partial charge in [-0.3, -0.25) is 4.98 Å². The predicted molar refractivity (Wildman–Crippen MR) is 288 cm³/mol. The number of rotatable bonds is 54. The molecule has 0 aliphatic rings. The van der Waals surface area contributed by atoms with E-state index in [1.54, 1.807) is 0 Å². The van der Waals surface area contributed by atoms with Gasteiger partial charge in [0.2, 0.25) is 0 Å². The third kappa shape index (κ3) is 47.4. The molecule has 0 fully saturated rings. The molecule has 0 aromatic carbocycles. The Balaban J connectivity index is 1.79. The molecule has 1 radical (unpaired) electrons. The van der Waals surface area contributed by atoms with E-state index in [9.17, 15) is 0 Å². The standard InChI is InChI=1S/C62H118N/c1-4-6-8-10-12-14-16-18-20-22-24-26-28-30-32-34-36-38-40-42-44-46-48-50-52-54-56-61-58-60(3)59-62(63-61)57-55-53-51-49-47-45-43-41-39-37-35-33-31-29-27-25-23-21-19-17-15-13-11-9-7-5-2/h58-59H,3-57H2,1-2H3. The molecule has 1 heteroatoms. The van der Waals surface area contributed by atoms with Crippen LogP contribution in [0.3, 0.4) is 0 Å². The number of hydrogen-bond acceptors (Lipinski definition) is 1. The summed E-state index contributed by atoms with van der Waals surface area (Å²) < 4.78 is 0. The van der Waals surface area contributed by atoms with Crippen LogP contribution >= 0.6 is 0 Å². The molecule has 0 aliphatic heterocycles. The fraction of sp³-hybridized carbons (Fsp3) is 0.903. The first-order valence-corrected chi connectivity index (χ1v) is 30.1. The van der Waals surface area contributed by atoms with Crippen LogP contribution in [0.1, 0.15) is 365 Å². The highest BCUT2D eigenvalue weighted by atomic mass is 14.7. The summed E-state index contributed by atoms with van der Waals surface area (Å²) in [6.45, 7) is 8.92. The maximum Gasteiger partial charge on any atom is 0.0409 e. The Bertz CT molecular complexity index is 907. The van der Waals surface area contributed by atoms with E-state index in [1.807, 2.05) is 0 Å².